The van der Waals surface area contributed by atoms with Crippen LogP contribution in [0.1, 0.15) is 114 Å². The number of ether oxygens (including phenoxy) is 5. The molecule has 0 radical (unpaired) electrons. The van der Waals surface area contributed by atoms with E-state index in [0.29, 0.717) is 50.4 Å². The summed E-state index contributed by atoms with van der Waals surface area (Å²) in [6.07, 6.45) is 7.56. The van der Waals surface area contributed by atoms with Crippen LogP contribution < -0.4 is 30.2 Å². The minimum Gasteiger partial charge on any atom is -0.497 e. The molecule has 6 atom stereocenters. The highest BCUT2D eigenvalue weighted by Crippen LogP contribution is 2.40. The number of hydrogen-bond donors (Lipinski definition) is 1. The summed E-state index contributed by atoms with van der Waals surface area (Å²) in [6, 6.07) is 74.3. The number of esters is 1. The number of carbonyl (C=O) groups excluding carboxylic acids is 2. The minimum absolute atomic E-state index is 0.177. The summed E-state index contributed by atoms with van der Waals surface area (Å²) < 4.78 is 73.1. The van der Waals surface area contributed by atoms with Crippen molar-refractivity contribution in [1.82, 2.24) is 0 Å². The smallest absolute Gasteiger partial charge is 0.339 e. The van der Waals surface area contributed by atoms with E-state index in [2.05, 4.69) is 114 Å². The molecule has 0 aliphatic heterocycles. The third kappa shape index (κ3) is 24.0. The first-order valence-electron chi connectivity index (χ1n) is 33.7. The average molecular weight is 1400 g/mol. The number of carbonyl (C=O) groups is 2. The molecule has 8 aromatic rings. The van der Waals surface area contributed by atoms with E-state index in [1.165, 1.54) is 28.6 Å². The second kappa shape index (κ2) is 40.2. The summed E-state index contributed by atoms with van der Waals surface area (Å²) in [5.74, 6) is -0.724. The lowest BCUT2D eigenvalue weighted by Crippen LogP contribution is -2.67. The fourth-order valence-corrected chi connectivity index (χ4v) is 21.0. The van der Waals surface area contributed by atoms with Gasteiger partial charge in [-0.05, 0) is 135 Å². The molecule has 0 aliphatic rings. The Morgan fingerprint density at radius 2 is 0.788 bits per heavy atom. The fourth-order valence-electron chi connectivity index (χ4n) is 11.3. The lowest BCUT2D eigenvalue weighted by Gasteiger charge is -2.45. The Kier molecular flexibility index (Phi) is 32.4. The highest BCUT2D eigenvalue weighted by atomic mass is 35.5. The van der Waals surface area contributed by atoms with Gasteiger partial charge in [-0.15, -0.1) is 0 Å². The number of aliphatic hydroxyl groups excluding tert-OH is 1. The van der Waals surface area contributed by atoms with Crippen LogP contribution in [0.3, 0.4) is 0 Å². The van der Waals surface area contributed by atoms with E-state index < -0.39 is 51.7 Å². The Morgan fingerprint density at radius 1 is 0.465 bits per heavy atom. The van der Waals surface area contributed by atoms with Crippen LogP contribution in [0.25, 0.3) is 0 Å². The van der Waals surface area contributed by atoms with Crippen LogP contribution in [-0.2, 0) is 36.3 Å². The molecule has 0 aliphatic carbocycles. The predicted octanol–water partition coefficient (Wildman–Crippen LogP) is 17.9. The van der Waals surface area contributed by atoms with Gasteiger partial charge < -0.3 is 37.6 Å². The van der Waals surface area contributed by atoms with E-state index in [4.69, 9.17) is 44.1 Å². The van der Waals surface area contributed by atoms with E-state index in [1.54, 1.807) is 81.0 Å². The average Bonchev–Trinajstić information content (AvgIpc) is 0.752. The van der Waals surface area contributed by atoms with Gasteiger partial charge in [-0.3, -0.25) is 4.79 Å². The van der Waals surface area contributed by atoms with E-state index >= 15 is 8.78 Å². The van der Waals surface area contributed by atoms with Crippen molar-refractivity contribution in [2.24, 2.45) is 11.8 Å². The third-order valence-corrected chi connectivity index (χ3v) is 27.5. The normalized spacial score (nSPS) is 14.1. The molecule has 99 heavy (non-hydrogen) atoms. The Balaban J connectivity index is 0.000000280. The Labute approximate surface area is 594 Å². The molecule has 15 heteroatoms. The number of aliphatic hydroxyl groups is 1. The first kappa shape index (κ1) is 79.8. The Morgan fingerprint density at radius 3 is 1.11 bits per heavy atom. The molecule has 0 aromatic heterocycles. The first-order chi connectivity index (χ1) is 47.4. The minimum atomic E-state index is -2.86. The second-order valence-electron chi connectivity index (χ2n) is 26.3. The molecule has 0 fully saturated rings. The molecule has 2 unspecified atom stereocenters. The van der Waals surface area contributed by atoms with Gasteiger partial charge >= 0.3 is 5.97 Å². The molecule has 10 nitrogen and oxygen atoms in total. The van der Waals surface area contributed by atoms with E-state index in [9.17, 15) is 14.7 Å². The maximum atomic E-state index is 16.2. The van der Waals surface area contributed by atoms with Crippen LogP contribution >= 0.6 is 11.6 Å². The second-order valence-corrected chi connectivity index (χ2v) is 35.2. The molecule has 0 saturated heterocycles. The van der Waals surface area contributed by atoms with E-state index in [0.717, 1.165) is 33.0 Å². The van der Waals surface area contributed by atoms with Crippen LogP contribution in [0.2, 0.25) is 10.1 Å². The van der Waals surface area contributed by atoms with Crippen molar-refractivity contribution in [1.29, 1.82) is 0 Å². The molecule has 0 heterocycles. The van der Waals surface area contributed by atoms with Gasteiger partial charge in [-0.1, -0.05) is 268 Å². The van der Waals surface area contributed by atoms with Crippen LogP contribution in [0.5, 0.6) is 11.5 Å². The molecule has 524 valence electrons. The van der Waals surface area contributed by atoms with Gasteiger partial charge in [0.1, 0.15) is 29.3 Å². The van der Waals surface area contributed by atoms with Gasteiger partial charge in [0.15, 0.2) is 6.10 Å². The molecular weight excluding hydrogens is 1300 g/mol. The lowest BCUT2D eigenvalue weighted by molar-refractivity contribution is 0.0413. The maximum absolute atomic E-state index is 16.2. The first-order valence-corrected chi connectivity index (χ1v) is 37.9. The summed E-state index contributed by atoms with van der Waals surface area (Å²) in [6.45, 7) is 23.0. The van der Waals surface area contributed by atoms with Crippen molar-refractivity contribution < 1.29 is 56.0 Å². The van der Waals surface area contributed by atoms with Crippen molar-refractivity contribution in [2.45, 2.75) is 130 Å². The van der Waals surface area contributed by atoms with Gasteiger partial charge in [0, 0.05) is 29.6 Å². The highest BCUT2D eigenvalue weighted by molar-refractivity contribution is 7.00. The van der Waals surface area contributed by atoms with Crippen LogP contribution in [0, 0.1) is 11.8 Å². The zero-order valence-electron chi connectivity index (χ0n) is 59.4. The zero-order valence-corrected chi connectivity index (χ0v) is 62.1. The lowest BCUT2D eigenvalue weighted by atomic mass is 10.0. The summed E-state index contributed by atoms with van der Waals surface area (Å²) in [7, 11) is -2.36. The monoisotopic (exact) mass is 1400 g/mol. The summed E-state index contributed by atoms with van der Waals surface area (Å²) in [4.78, 5) is 23.4. The Hall–Kier alpha value is -8.16. The molecular formula is C84H99ClF2O10Si2. The predicted molar refractivity (Wildman–Crippen MR) is 404 cm³/mol. The number of methoxy groups -OCH3 is 2. The maximum Gasteiger partial charge on any atom is 0.339 e. The van der Waals surface area contributed by atoms with E-state index in [1.807, 2.05) is 137 Å². The molecule has 8 rings (SSSR count). The number of halogens is 3. The van der Waals surface area contributed by atoms with E-state index in [-0.39, 0.29) is 34.1 Å². The largest absolute Gasteiger partial charge is 0.497 e. The van der Waals surface area contributed by atoms with Gasteiger partial charge in [0.25, 0.3) is 21.9 Å². The topological polar surface area (TPSA) is 119 Å². The summed E-state index contributed by atoms with van der Waals surface area (Å²) in [5, 5.41) is 14.3. The Bertz CT molecular complexity index is 3680. The standard InChI is InChI=1S/C42H49FO5Si.C35H45FO4Si.C7H5ClO/c1-32(33(2)48-49(42(3,4)5,37-20-12-8-13-21-37)38-22-14-9-15-23-38)30-39(43)40(47-41(44)35-18-10-7-11-19-35)24-16-17-29-46-31-34-25-27-36(45-6)28-26-34;1-27(25-33(36)34(37)19-13-14-24-39-26-29-20-22-30(38-6)23-21-29)28(2)40-41(35(3,4)5,31-15-9-7-10-16-31)32-17-11-8-12-18-32;8-7(9)6-4-2-1-3-5-6/h7-16,18-28,30,32-33,40H,17,29,31H2,1-6H3;7-13,15-23,25,27-28,34,37H,14,24,26H2,1-6H3;1-5H/b24-16-,39-30+;19-13-,33-25+;/t32-,33-,40?;27-,28-,34?;/m00./s1. The van der Waals surface area contributed by atoms with Crippen LogP contribution in [-0.4, -0.2) is 84.8 Å². The SMILES string of the molecule is COc1ccc(COCC/C=C\C(O)/C(F)=C\[C@H](C)[C@H](C)O[Si](c2ccccc2)(c2ccccc2)C(C)(C)C)cc1.COc1ccc(COCC/C=C\C(OC(=O)c2ccccc2)/C(F)=C\[C@H](C)[C@H](C)O[Si](c2ccccc2)(c2ccccc2)C(C)(C)C)cc1.O=C(Cl)c1ccccc1. The van der Waals surface area contributed by atoms with Crippen molar-refractivity contribution in [2.75, 3.05) is 27.4 Å². The quantitative estimate of drug-likeness (QED) is 0.0148. The number of hydrogen-bond acceptors (Lipinski definition) is 10. The van der Waals surface area contributed by atoms with Crippen molar-refractivity contribution in [3.8, 4) is 11.5 Å². The van der Waals surface area contributed by atoms with Gasteiger partial charge in [-0.25, -0.2) is 13.6 Å². The molecule has 0 saturated carbocycles. The molecule has 0 amide bonds. The van der Waals surface area contributed by atoms with Gasteiger partial charge in [0.2, 0.25) is 0 Å². The van der Waals surface area contributed by atoms with Gasteiger partial charge in [-0.2, -0.15) is 0 Å². The fraction of sp³-hybridized carbons (Fsp3) is 0.310. The van der Waals surface area contributed by atoms with Crippen LogP contribution in [0.4, 0.5) is 8.78 Å². The van der Waals surface area contributed by atoms with Crippen molar-refractivity contribution in [3.63, 3.8) is 0 Å². The molecule has 8 aromatic carbocycles. The molecule has 0 bridgehead atoms. The zero-order chi connectivity index (χ0) is 71.9. The van der Waals surface area contributed by atoms with Crippen molar-refractivity contribution in [3.05, 3.63) is 301 Å². The summed E-state index contributed by atoms with van der Waals surface area (Å²) in [5.41, 5.74) is 2.97. The van der Waals surface area contributed by atoms with Crippen LogP contribution in [0.15, 0.2) is 279 Å². The highest BCUT2D eigenvalue weighted by Gasteiger charge is 2.52. The van der Waals surface area contributed by atoms with Gasteiger partial charge in [0.05, 0.1) is 46.2 Å². The molecule has 1 N–H and O–H groups in total. The number of benzene rings is 8. The van der Waals surface area contributed by atoms with Crippen molar-refractivity contribution >= 4 is 60.2 Å². The number of rotatable bonds is 31. The summed E-state index contributed by atoms with van der Waals surface area (Å²) >= 11 is 5.16. The molecule has 0 spiro atoms. The third-order valence-electron chi connectivity index (χ3n) is 17.0.